The van der Waals surface area contributed by atoms with Gasteiger partial charge in [-0.15, -0.1) is 0 Å². The van der Waals surface area contributed by atoms with Gasteiger partial charge in [-0.25, -0.2) is 9.59 Å². The number of esters is 1. The van der Waals surface area contributed by atoms with Crippen LogP contribution in [0.5, 0.6) is 0 Å². The summed E-state index contributed by atoms with van der Waals surface area (Å²) in [6.45, 7) is 0.352. The van der Waals surface area contributed by atoms with E-state index in [1.807, 2.05) is 60.7 Å². The lowest BCUT2D eigenvalue weighted by atomic mass is 10.0. The van der Waals surface area contributed by atoms with E-state index in [2.05, 4.69) is 0 Å². The summed E-state index contributed by atoms with van der Waals surface area (Å²) in [4.78, 5) is 38.0. The number of ketones is 1. The molecular weight excluding hydrogens is 346 g/mol. The largest absolute Gasteiger partial charge is 0.459 e. The summed E-state index contributed by atoms with van der Waals surface area (Å²) >= 11 is 0. The standard InChI is InChI=1S/C21H21NO5/c23-18-11-12-22(21(25)27-15-17-9-5-2-6-10-17)19(13-18)20(24)26-14-16-7-3-1-4-8-16/h1-10,19H,11-15H2/t19-/m0/s1. The smallest absolute Gasteiger partial charge is 0.410 e. The zero-order valence-electron chi connectivity index (χ0n) is 14.9. The van der Waals surface area contributed by atoms with E-state index in [1.54, 1.807) is 0 Å². The number of Topliss-reactive ketones (excluding diaryl/α,β-unsaturated/α-hetero) is 1. The molecule has 2 aromatic rings. The van der Waals surface area contributed by atoms with Crippen molar-refractivity contribution in [3.8, 4) is 0 Å². The minimum absolute atomic E-state index is 0.0476. The van der Waals surface area contributed by atoms with Crippen LogP contribution in [0.4, 0.5) is 4.79 Å². The molecule has 6 nitrogen and oxygen atoms in total. The van der Waals surface area contributed by atoms with Gasteiger partial charge < -0.3 is 9.47 Å². The lowest BCUT2D eigenvalue weighted by Crippen LogP contribution is -2.51. The highest BCUT2D eigenvalue weighted by Crippen LogP contribution is 2.18. The number of hydrogen-bond acceptors (Lipinski definition) is 5. The molecule has 3 rings (SSSR count). The number of carbonyl (C=O) groups excluding carboxylic acids is 3. The number of nitrogens with zero attached hydrogens (tertiary/aromatic N) is 1. The molecule has 1 atom stereocenters. The van der Waals surface area contributed by atoms with Crippen molar-refractivity contribution in [2.24, 2.45) is 0 Å². The Morgan fingerprint density at radius 2 is 1.44 bits per heavy atom. The average molecular weight is 367 g/mol. The molecule has 1 amide bonds. The molecule has 1 aliphatic rings. The number of rotatable bonds is 5. The number of carbonyl (C=O) groups is 3. The summed E-state index contributed by atoms with van der Waals surface area (Å²) < 4.78 is 10.6. The Balaban J connectivity index is 1.60. The normalized spacial score (nSPS) is 16.7. The molecule has 0 unspecified atom stereocenters. The Kier molecular flexibility index (Phi) is 6.20. The van der Waals surface area contributed by atoms with Gasteiger partial charge in [-0.05, 0) is 11.1 Å². The molecule has 1 heterocycles. The number of hydrogen-bond donors (Lipinski definition) is 0. The van der Waals surface area contributed by atoms with Gasteiger partial charge in [-0.3, -0.25) is 9.69 Å². The third-order valence-electron chi connectivity index (χ3n) is 4.36. The van der Waals surface area contributed by atoms with E-state index in [-0.39, 0.29) is 38.4 Å². The van der Waals surface area contributed by atoms with Gasteiger partial charge in [0.05, 0.1) is 0 Å². The zero-order chi connectivity index (χ0) is 19.1. The van der Waals surface area contributed by atoms with E-state index in [9.17, 15) is 14.4 Å². The highest BCUT2D eigenvalue weighted by molar-refractivity contribution is 5.91. The van der Waals surface area contributed by atoms with Gasteiger partial charge in [0.25, 0.3) is 0 Å². The number of amides is 1. The van der Waals surface area contributed by atoms with Gasteiger partial charge in [-0.1, -0.05) is 60.7 Å². The molecule has 0 saturated carbocycles. The monoisotopic (exact) mass is 367 g/mol. The van der Waals surface area contributed by atoms with Crippen LogP contribution < -0.4 is 0 Å². The fourth-order valence-electron chi connectivity index (χ4n) is 2.89. The maximum atomic E-state index is 12.5. The first kappa shape index (κ1) is 18.6. The van der Waals surface area contributed by atoms with Gasteiger partial charge in [0.15, 0.2) is 0 Å². The first-order chi connectivity index (χ1) is 13.1. The molecule has 0 aromatic heterocycles. The topological polar surface area (TPSA) is 72.9 Å². The lowest BCUT2D eigenvalue weighted by Gasteiger charge is -2.32. The average Bonchev–Trinajstić information content (AvgIpc) is 2.71. The van der Waals surface area contributed by atoms with Crippen LogP contribution in [0.2, 0.25) is 0 Å². The van der Waals surface area contributed by atoms with E-state index in [0.717, 1.165) is 11.1 Å². The van der Waals surface area contributed by atoms with Gasteiger partial charge in [0, 0.05) is 19.4 Å². The molecule has 0 spiro atoms. The van der Waals surface area contributed by atoms with Crippen LogP contribution in [0.25, 0.3) is 0 Å². The third kappa shape index (κ3) is 5.17. The first-order valence-electron chi connectivity index (χ1n) is 8.83. The molecule has 0 N–H and O–H groups in total. The van der Waals surface area contributed by atoms with E-state index in [1.165, 1.54) is 4.90 Å². The Morgan fingerprint density at radius 3 is 2.04 bits per heavy atom. The molecule has 2 aromatic carbocycles. The van der Waals surface area contributed by atoms with Crippen molar-refractivity contribution in [1.29, 1.82) is 0 Å². The second kappa shape index (κ2) is 8.98. The molecular formula is C21H21NO5. The van der Waals surface area contributed by atoms with Crippen molar-refractivity contribution in [3.05, 3.63) is 71.8 Å². The molecule has 0 bridgehead atoms. The van der Waals surface area contributed by atoms with Crippen molar-refractivity contribution in [2.75, 3.05) is 6.54 Å². The third-order valence-corrected chi connectivity index (χ3v) is 4.36. The summed E-state index contributed by atoms with van der Waals surface area (Å²) in [7, 11) is 0. The molecule has 6 heteroatoms. The highest BCUT2D eigenvalue weighted by atomic mass is 16.6. The maximum absolute atomic E-state index is 12.5. The number of likely N-dealkylation sites (tertiary alicyclic amines) is 1. The predicted molar refractivity (Wildman–Crippen MR) is 97.6 cm³/mol. The van der Waals surface area contributed by atoms with Crippen molar-refractivity contribution in [3.63, 3.8) is 0 Å². The van der Waals surface area contributed by atoms with Crippen LogP contribution in [0.15, 0.2) is 60.7 Å². The van der Waals surface area contributed by atoms with E-state index < -0.39 is 18.1 Å². The Bertz CT molecular complexity index is 791. The van der Waals surface area contributed by atoms with Crippen molar-refractivity contribution in [2.45, 2.75) is 32.1 Å². The van der Waals surface area contributed by atoms with E-state index in [4.69, 9.17) is 9.47 Å². The SMILES string of the molecule is O=C1CCN(C(=O)OCc2ccccc2)[C@H](C(=O)OCc2ccccc2)C1. The number of ether oxygens (including phenoxy) is 2. The Labute approximate surface area is 157 Å². The number of piperidine rings is 1. The predicted octanol–water partition coefficient (Wildman–Crippen LogP) is 3.10. The Hall–Kier alpha value is -3.15. The van der Waals surface area contributed by atoms with Crippen LogP contribution in [0.1, 0.15) is 24.0 Å². The van der Waals surface area contributed by atoms with E-state index >= 15 is 0 Å². The number of benzene rings is 2. The minimum atomic E-state index is -0.946. The molecule has 27 heavy (non-hydrogen) atoms. The minimum Gasteiger partial charge on any atom is -0.459 e. The highest BCUT2D eigenvalue weighted by Gasteiger charge is 2.37. The van der Waals surface area contributed by atoms with Crippen LogP contribution in [-0.2, 0) is 32.3 Å². The van der Waals surface area contributed by atoms with Gasteiger partial charge in [0.2, 0.25) is 0 Å². The van der Waals surface area contributed by atoms with Gasteiger partial charge in [0.1, 0.15) is 25.0 Å². The van der Waals surface area contributed by atoms with Gasteiger partial charge >= 0.3 is 12.1 Å². The van der Waals surface area contributed by atoms with Crippen molar-refractivity contribution in [1.82, 2.24) is 4.90 Å². The van der Waals surface area contributed by atoms with E-state index in [0.29, 0.717) is 0 Å². The summed E-state index contributed by atoms with van der Waals surface area (Å²) in [6.07, 6.45) is -0.454. The first-order valence-corrected chi connectivity index (χ1v) is 8.83. The van der Waals surface area contributed by atoms with Crippen LogP contribution in [0.3, 0.4) is 0 Å². The van der Waals surface area contributed by atoms with Crippen LogP contribution in [0, 0.1) is 0 Å². The molecule has 1 fully saturated rings. The summed E-state index contributed by atoms with van der Waals surface area (Å²) in [5.41, 5.74) is 1.69. The van der Waals surface area contributed by atoms with Crippen LogP contribution >= 0.6 is 0 Å². The summed E-state index contributed by atoms with van der Waals surface area (Å²) in [5.74, 6) is -0.660. The molecule has 0 radical (unpaired) electrons. The van der Waals surface area contributed by atoms with Crippen LogP contribution in [-0.4, -0.2) is 35.3 Å². The lowest BCUT2D eigenvalue weighted by molar-refractivity contribution is -0.154. The van der Waals surface area contributed by atoms with Crippen molar-refractivity contribution >= 4 is 17.8 Å². The molecule has 0 aliphatic carbocycles. The second-order valence-electron chi connectivity index (χ2n) is 6.34. The molecule has 140 valence electrons. The fraction of sp³-hybridized carbons (Fsp3) is 0.286. The molecule has 1 aliphatic heterocycles. The quantitative estimate of drug-likeness (QED) is 0.760. The zero-order valence-corrected chi connectivity index (χ0v) is 14.9. The molecule has 1 saturated heterocycles. The summed E-state index contributed by atoms with van der Waals surface area (Å²) in [6, 6.07) is 17.6. The fourth-order valence-corrected chi connectivity index (χ4v) is 2.89. The van der Waals surface area contributed by atoms with Crippen molar-refractivity contribution < 1.29 is 23.9 Å². The maximum Gasteiger partial charge on any atom is 0.410 e. The Morgan fingerprint density at radius 1 is 0.889 bits per heavy atom. The van der Waals surface area contributed by atoms with Gasteiger partial charge in [-0.2, -0.15) is 0 Å². The second-order valence-corrected chi connectivity index (χ2v) is 6.34. The summed E-state index contributed by atoms with van der Waals surface area (Å²) in [5, 5.41) is 0.